The molecule has 0 saturated heterocycles. The van der Waals surface area contributed by atoms with Gasteiger partial charge in [-0.2, -0.15) is 0 Å². The van der Waals surface area contributed by atoms with Crippen molar-refractivity contribution in [3.63, 3.8) is 0 Å². The molecule has 12 heavy (non-hydrogen) atoms. The monoisotopic (exact) mass is 216 g/mol. The van der Waals surface area contributed by atoms with Crippen LogP contribution in [0.1, 0.15) is 32.1 Å². The van der Waals surface area contributed by atoms with Gasteiger partial charge in [-0.05, 0) is 25.7 Å². The molecule has 0 rings (SSSR count). The maximum Gasteiger partial charge on any atom is 2.00 e. The van der Waals surface area contributed by atoms with Crippen LogP contribution in [0.5, 0.6) is 0 Å². The number of rotatable bonds is 6. The van der Waals surface area contributed by atoms with E-state index in [4.69, 9.17) is 0 Å². The summed E-state index contributed by atoms with van der Waals surface area (Å²) in [6.07, 6.45) is 1.58. The van der Waals surface area contributed by atoms with Crippen LogP contribution in [0.3, 0.4) is 0 Å². The van der Waals surface area contributed by atoms with Crippen molar-refractivity contribution in [2.24, 2.45) is 0 Å². The van der Waals surface area contributed by atoms with Gasteiger partial charge in [0.25, 0.3) is 0 Å². The van der Waals surface area contributed by atoms with Gasteiger partial charge in [0.15, 0.2) is 0 Å². The van der Waals surface area contributed by atoms with Gasteiger partial charge in [-0.15, -0.1) is 0 Å². The molecule has 4 nitrogen and oxygen atoms in total. The van der Waals surface area contributed by atoms with Gasteiger partial charge in [-0.3, -0.25) is 0 Å². The molecule has 0 aromatic heterocycles. The van der Waals surface area contributed by atoms with Crippen LogP contribution in [0.15, 0.2) is 0 Å². The molecule has 0 radical (unpaired) electrons. The van der Waals surface area contributed by atoms with Gasteiger partial charge in [0.05, 0.1) is 0 Å². The van der Waals surface area contributed by atoms with Crippen molar-refractivity contribution in [2.45, 2.75) is 32.1 Å². The summed E-state index contributed by atoms with van der Waals surface area (Å²) in [7, 11) is 0. The van der Waals surface area contributed by atoms with Crippen LogP contribution in [0.25, 0.3) is 0 Å². The first-order chi connectivity index (χ1) is 5.13. The van der Waals surface area contributed by atoms with E-state index in [9.17, 15) is 19.8 Å². The third-order valence-electron chi connectivity index (χ3n) is 1.26. The Labute approximate surface area is 80.9 Å². The molecule has 0 saturated carbocycles. The minimum atomic E-state index is -1.08. The van der Waals surface area contributed by atoms with Gasteiger partial charge in [-0.1, -0.05) is 6.42 Å². The molecule has 0 bridgehead atoms. The Balaban J connectivity index is 0. The zero-order chi connectivity index (χ0) is 8.69. The van der Waals surface area contributed by atoms with E-state index in [1.54, 1.807) is 0 Å². The summed E-state index contributed by atoms with van der Waals surface area (Å²) in [6, 6.07) is 0. The van der Waals surface area contributed by atoms with E-state index in [2.05, 4.69) is 0 Å². The van der Waals surface area contributed by atoms with Gasteiger partial charge in [0.2, 0.25) is 0 Å². The Kier molecular flexibility index (Phi) is 9.94. The van der Waals surface area contributed by atoms with Crippen molar-refractivity contribution in [1.29, 1.82) is 0 Å². The van der Waals surface area contributed by atoms with E-state index < -0.39 is 11.9 Å². The maximum atomic E-state index is 9.86. The first kappa shape index (κ1) is 14.0. The molecule has 0 unspecified atom stereocenters. The molecule has 0 atom stereocenters. The van der Waals surface area contributed by atoms with Gasteiger partial charge < -0.3 is 19.8 Å². The zero-order valence-corrected chi connectivity index (χ0v) is 7.47. The van der Waals surface area contributed by atoms with Gasteiger partial charge >= 0.3 is 16.5 Å². The number of unbranched alkanes of at least 4 members (excludes halogenated alkanes) is 2. The second-order valence-electron chi connectivity index (χ2n) is 2.30. The molecule has 0 aliphatic carbocycles. The van der Waals surface area contributed by atoms with Crippen LogP contribution in [-0.4, -0.2) is 11.9 Å². The van der Waals surface area contributed by atoms with Crippen molar-refractivity contribution in [3.05, 3.63) is 0 Å². The summed E-state index contributed by atoms with van der Waals surface area (Å²) in [5, 5.41) is 19.7. The molecule has 0 aromatic carbocycles. The Hall–Kier alpha value is -0.566. The largest absolute Gasteiger partial charge is 2.00 e. The number of carbonyl (C=O) groups is 2. The number of carboxylic acid groups (broad SMARTS) is 2. The zero-order valence-electron chi connectivity index (χ0n) is 6.48. The fourth-order valence-corrected chi connectivity index (χ4v) is 0.715. The van der Waals surface area contributed by atoms with Gasteiger partial charge in [-0.25, -0.2) is 0 Å². The van der Waals surface area contributed by atoms with E-state index in [0.29, 0.717) is 19.3 Å². The predicted octanol–water partition coefficient (Wildman–Crippen LogP) is -1.57. The molecule has 0 aliphatic rings. The molecule has 0 heterocycles. The Bertz CT molecular complexity index is 130. The molecule has 5 heteroatoms. The standard InChI is InChI=1S/C7H12O4.Ni/c8-6(9)4-2-1-3-5-7(10)11;/h1-5H2,(H,8,9)(H,10,11);/q;+2/p-2. The molecule has 72 valence electrons. The maximum absolute atomic E-state index is 9.86. The first-order valence-corrected chi connectivity index (χ1v) is 3.52. The van der Waals surface area contributed by atoms with Crippen LogP contribution < -0.4 is 10.2 Å². The normalized spacial score (nSPS) is 8.67. The number of carbonyl (C=O) groups excluding carboxylic acids is 2. The Morgan fingerprint density at radius 1 is 0.833 bits per heavy atom. The second kappa shape index (κ2) is 8.53. The van der Waals surface area contributed by atoms with Crippen molar-refractivity contribution >= 4 is 11.9 Å². The molecule has 0 aliphatic heterocycles. The fraction of sp³-hybridized carbons (Fsp3) is 0.714. The number of hydrogen-bond acceptors (Lipinski definition) is 4. The second-order valence-corrected chi connectivity index (χ2v) is 2.30. The average molecular weight is 217 g/mol. The summed E-state index contributed by atoms with van der Waals surface area (Å²) >= 11 is 0. The first-order valence-electron chi connectivity index (χ1n) is 3.52. The molecule has 0 aromatic rings. The summed E-state index contributed by atoms with van der Waals surface area (Å²) in [6.45, 7) is 0. The molecule has 0 spiro atoms. The molecular weight excluding hydrogens is 207 g/mol. The van der Waals surface area contributed by atoms with Crippen molar-refractivity contribution in [1.82, 2.24) is 0 Å². The van der Waals surface area contributed by atoms with Crippen LogP contribution in [0, 0.1) is 0 Å². The number of carboxylic acids is 2. The topological polar surface area (TPSA) is 80.3 Å². The summed E-state index contributed by atoms with van der Waals surface area (Å²) < 4.78 is 0. The van der Waals surface area contributed by atoms with Crippen LogP contribution in [-0.2, 0) is 26.1 Å². The van der Waals surface area contributed by atoms with Crippen molar-refractivity contribution in [2.75, 3.05) is 0 Å². The summed E-state index contributed by atoms with van der Waals surface area (Å²) in [4.78, 5) is 19.7. The van der Waals surface area contributed by atoms with Gasteiger partial charge in [0, 0.05) is 11.9 Å². The van der Waals surface area contributed by atoms with Crippen LogP contribution >= 0.6 is 0 Å². The van der Waals surface area contributed by atoms with E-state index in [1.165, 1.54) is 0 Å². The number of hydrogen-bond donors (Lipinski definition) is 0. The smallest absolute Gasteiger partial charge is 0.550 e. The molecule has 0 N–H and O–H groups in total. The van der Waals surface area contributed by atoms with Crippen LogP contribution in [0.4, 0.5) is 0 Å². The van der Waals surface area contributed by atoms with E-state index in [1.807, 2.05) is 0 Å². The predicted molar refractivity (Wildman–Crippen MR) is 33.1 cm³/mol. The minimum Gasteiger partial charge on any atom is -0.550 e. The van der Waals surface area contributed by atoms with E-state index in [0.717, 1.165) is 0 Å². The number of aliphatic carboxylic acids is 2. The van der Waals surface area contributed by atoms with E-state index in [-0.39, 0.29) is 29.3 Å². The molecule has 0 amide bonds. The van der Waals surface area contributed by atoms with Gasteiger partial charge in [0.1, 0.15) is 0 Å². The fourth-order valence-electron chi connectivity index (χ4n) is 0.715. The van der Waals surface area contributed by atoms with Crippen molar-refractivity contribution < 1.29 is 36.3 Å². The molecule has 0 fully saturated rings. The average Bonchev–Trinajstić information content (AvgIpc) is 1.85. The third kappa shape index (κ3) is 12.1. The quantitative estimate of drug-likeness (QED) is 0.397. The van der Waals surface area contributed by atoms with Crippen molar-refractivity contribution in [3.8, 4) is 0 Å². The summed E-state index contributed by atoms with van der Waals surface area (Å²) in [5.41, 5.74) is 0. The van der Waals surface area contributed by atoms with Crippen LogP contribution in [0.2, 0.25) is 0 Å². The Morgan fingerprint density at radius 3 is 1.42 bits per heavy atom. The third-order valence-corrected chi connectivity index (χ3v) is 1.26. The summed E-state index contributed by atoms with van der Waals surface area (Å²) in [5.74, 6) is -2.17. The Morgan fingerprint density at radius 2 is 1.17 bits per heavy atom. The molecular formula is C7H10NiO4. The minimum absolute atomic E-state index is 0. The SMILES string of the molecule is O=C([O-])CCCCCC(=O)[O-].[Ni+2]. The van der Waals surface area contributed by atoms with E-state index >= 15 is 0 Å².